The Morgan fingerprint density at radius 3 is 2.67 bits per heavy atom. The van der Waals surface area contributed by atoms with Crippen molar-refractivity contribution in [2.75, 3.05) is 18.1 Å². The highest BCUT2D eigenvalue weighted by Gasteiger charge is 2.26. The maximum Gasteiger partial charge on any atom is 0.330 e. The number of sulfone groups is 1. The summed E-state index contributed by atoms with van der Waals surface area (Å²) >= 11 is 0. The van der Waals surface area contributed by atoms with E-state index in [9.17, 15) is 23.1 Å². The van der Waals surface area contributed by atoms with Crippen molar-refractivity contribution < 1.29 is 27.9 Å². The summed E-state index contributed by atoms with van der Waals surface area (Å²) in [6.07, 6.45) is 0.673. The zero-order valence-corrected chi connectivity index (χ0v) is 14.4. The molecule has 1 atom stereocenters. The van der Waals surface area contributed by atoms with Crippen LogP contribution in [0.2, 0.25) is 0 Å². The van der Waals surface area contributed by atoms with Crippen LogP contribution >= 0.6 is 0 Å². The number of hydrogen-bond acceptors (Lipinski definition) is 5. The van der Waals surface area contributed by atoms with E-state index < -0.39 is 33.5 Å². The van der Waals surface area contributed by atoms with Crippen LogP contribution in [0.4, 0.5) is 0 Å². The van der Waals surface area contributed by atoms with Crippen molar-refractivity contribution in [1.29, 1.82) is 0 Å². The molecule has 0 fully saturated rings. The summed E-state index contributed by atoms with van der Waals surface area (Å²) in [5.74, 6) is -2.30. The Balaban J connectivity index is 2.12. The first-order valence-corrected chi connectivity index (χ1v) is 9.48. The van der Waals surface area contributed by atoms with Crippen LogP contribution in [0.1, 0.15) is 31.0 Å². The van der Waals surface area contributed by atoms with Crippen molar-refractivity contribution in [3.05, 3.63) is 29.3 Å². The van der Waals surface area contributed by atoms with Crippen LogP contribution in [-0.2, 0) is 25.8 Å². The van der Waals surface area contributed by atoms with Crippen LogP contribution in [0, 0.1) is 5.92 Å². The molecule has 1 aliphatic heterocycles. The summed E-state index contributed by atoms with van der Waals surface area (Å²) in [5, 5.41) is 11.7. The van der Waals surface area contributed by atoms with Gasteiger partial charge in [-0.2, -0.15) is 0 Å². The van der Waals surface area contributed by atoms with Gasteiger partial charge in [-0.1, -0.05) is 19.9 Å². The number of hydrogen-bond donors (Lipinski definition) is 2. The first-order valence-electron chi connectivity index (χ1n) is 7.66. The summed E-state index contributed by atoms with van der Waals surface area (Å²) in [6, 6.07) is 3.60. The Hall–Kier alpha value is -2.09. The number of nitrogens with one attached hydrogen (secondary N) is 1. The molecule has 24 heavy (non-hydrogen) atoms. The van der Waals surface area contributed by atoms with Gasteiger partial charge in [0.1, 0.15) is 11.5 Å². The van der Waals surface area contributed by atoms with Crippen LogP contribution in [0.25, 0.3) is 0 Å². The molecule has 0 saturated carbocycles. The predicted molar refractivity (Wildman–Crippen MR) is 87.7 cm³/mol. The summed E-state index contributed by atoms with van der Waals surface area (Å²) in [6.45, 7) is 4.01. The summed E-state index contributed by atoms with van der Waals surface area (Å²) in [7, 11) is -3.57. The first kappa shape index (κ1) is 18.3. The van der Waals surface area contributed by atoms with Crippen LogP contribution in [0.3, 0.4) is 0 Å². The number of rotatable bonds is 7. The molecule has 7 nitrogen and oxygen atoms in total. The SMILES string of the molecule is CC(C)CS(=O)(=O)CC(=O)NC(C(=O)O)c1ccc2c(c1)CCO2. The molecule has 2 rings (SSSR count). The van der Waals surface area contributed by atoms with Gasteiger partial charge in [-0.05, 0) is 29.2 Å². The zero-order valence-electron chi connectivity index (χ0n) is 13.6. The molecule has 1 aromatic carbocycles. The maximum atomic E-state index is 12.0. The Labute approximate surface area is 140 Å². The van der Waals surface area contributed by atoms with E-state index in [2.05, 4.69) is 5.32 Å². The van der Waals surface area contributed by atoms with Crippen molar-refractivity contribution in [3.8, 4) is 5.75 Å². The molecular formula is C16H21NO6S. The fraction of sp³-hybridized carbons (Fsp3) is 0.500. The monoisotopic (exact) mass is 355 g/mol. The lowest BCUT2D eigenvalue weighted by Gasteiger charge is -2.16. The van der Waals surface area contributed by atoms with Crippen LogP contribution in [0.15, 0.2) is 18.2 Å². The lowest BCUT2D eigenvalue weighted by Crippen LogP contribution is -2.38. The van der Waals surface area contributed by atoms with Gasteiger partial charge in [-0.3, -0.25) is 4.79 Å². The smallest absolute Gasteiger partial charge is 0.330 e. The molecule has 0 saturated heterocycles. The number of fused-ring (bicyclic) bond motifs is 1. The quantitative estimate of drug-likeness (QED) is 0.753. The molecule has 0 radical (unpaired) electrons. The highest BCUT2D eigenvalue weighted by Crippen LogP contribution is 2.28. The molecule has 1 aliphatic rings. The molecule has 1 unspecified atom stereocenters. The van der Waals surface area contributed by atoms with E-state index in [1.807, 2.05) is 0 Å². The topological polar surface area (TPSA) is 110 Å². The zero-order chi connectivity index (χ0) is 17.9. The fourth-order valence-corrected chi connectivity index (χ4v) is 4.26. The lowest BCUT2D eigenvalue weighted by atomic mass is 10.0. The van der Waals surface area contributed by atoms with Gasteiger partial charge in [-0.15, -0.1) is 0 Å². The van der Waals surface area contributed by atoms with Crippen molar-refractivity contribution >= 4 is 21.7 Å². The fourth-order valence-electron chi connectivity index (χ4n) is 2.64. The predicted octanol–water partition coefficient (Wildman–Crippen LogP) is 0.934. The van der Waals surface area contributed by atoms with Crippen molar-refractivity contribution in [2.45, 2.75) is 26.3 Å². The van der Waals surface area contributed by atoms with Crippen LogP contribution < -0.4 is 10.1 Å². The van der Waals surface area contributed by atoms with Gasteiger partial charge < -0.3 is 15.2 Å². The minimum Gasteiger partial charge on any atom is -0.493 e. The minimum atomic E-state index is -3.57. The van der Waals surface area contributed by atoms with Gasteiger partial charge in [0, 0.05) is 6.42 Å². The number of carboxylic acids is 1. The normalized spacial score (nSPS) is 14.8. The van der Waals surface area contributed by atoms with Crippen molar-refractivity contribution in [2.24, 2.45) is 5.92 Å². The van der Waals surface area contributed by atoms with Crippen molar-refractivity contribution in [3.63, 3.8) is 0 Å². The highest BCUT2D eigenvalue weighted by molar-refractivity contribution is 7.92. The standard InChI is InChI=1S/C16H21NO6S/c1-10(2)8-24(21,22)9-14(18)17-15(16(19)20)12-3-4-13-11(7-12)5-6-23-13/h3-4,7,10,15H,5-6,8-9H2,1-2H3,(H,17,18)(H,19,20). The molecule has 0 bridgehead atoms. The minimum absolute atomic E-state index is 0.102. The number of carbonyl (C=O) groups is 2. The van der Waals surface area contributed by atoms with Gasteiger partial charge >= 0.3 is 5.97 Å². The highest BCUT2D eigenvalue weighted by atomic mass is 32.2. The molecule has 1 aromatic rings. The number of benzene rings is 1. The van der Waals surface area contributed by atoms with E-state index in [1.165, 1.54) is 0 Å². The molecule has 0 spiro atoms. The van der Waals surface area contributed by atoms with Gasteiger partial charge in [0.05, 0.1) is 12.4 Å². The van der Waals surface area contributed by atoms with E-state index in [4.69, 9.17) is 4.74 Å². The van der Waals surface area contributed by atoms with Gasteiger partial charge in [-0.25, -0.2) is 13.2 Å². The number of carboxylic acid groups (broad SMARTS) is 1. The van der Waals surface area contributed by atoms with E-state index in [0.29, 0.717) is 24.3 Å². The lowest BCUT2D eigenvalue weighted by molar-refractivity contribution is -0.141. The molecule has 8 heteroatoms. The second-order valence-corrected chi connectivity index (χ2v) is 8.36. The second kappa shape index (κ2) is 7.21. The largest absolute Gasteiger partial charge is 0.493 e. The molecule has 1 amide bonds. The van der Waals surface area contributed by atoms with Gasteiger partial charge in [0.15, 0.2) is 15.9 Å². The summed E-state index contributed by atoms with van der Waals surface area (Å²) < 4.78 is 29.1. The Kier molecular flexibility index (Phi) is 5.48. The molecule has 132 valence electrons. The number of amides is 1. The molecule has 1 heterocycles. The van der Waals surface area contributed by atoms with E-state index in [1.54, 1.807) is 32.0 Å². The third-order valence-corrected chi connectivity index (χ3v) is 5.41. The van der Waals surface area contributed by atoms with E-state index in [0.717, 1.165) is 5.56 Å². The summed E-state index contributed by atoms with van der Waals surface area (Å²) in [4.78, 5) is 23.5. The van der Waals surface area contributed by atoms with E-state index in [-0.39, 0.29) is 11.7 Å². The first-order chi connectivity index (χ1) is 11.2. The van der Waals surface area contributed by atoms with Gasteiger partial charge in [0.25, 0.3) is 0 Å². The molecule has 0 aliphatic carbocycles. The van der Waals surface area contributed by atoms with Crippen LogP contribution in [0.5, 0.6) is 5.75 Å². The maximum absolute atomic E-state index is 12.0. The van der Waals surface area contributed by atoms with E-state index >= 15 is 0 Å². The third-order valence-electron chi connectivity index (χ3n) is 3.54. The van der Waals surface area contributed by atoms with Gasteiger partial charge in [0.2, 0.25) is 5.91 Å². The number of ether oxygens (including phenoxy) is 1. The second-order valence-electron chi connectivity index (χ2n) is 6.25. The number of carbonyl (C=O) groups excluding carboxylic acids is 1. The molecular weight excluding hydrogens is 334 g/mol. The molecule has 0 aromatic heterocycles. The number of aliphatic carboxylic acids is 1. The third kappa shape index (κ3) is 4.70. The average molecular weight is 355 g/mol. The summed E-state index contributed by atoms with van der Waals surface area (Å²) in [5.41, 5.74) is 1.27. The Bertz CT molecular complexity index is 741. The van der Waals surface area contributed by atoms with Crippen LogP contribution in [-0.4, -0.2) is 43.5 Å². The average Bonchev–Trinajstić information content (AvgIpc) is 2.89. The Morgan fingerprint density at radius 1 is 1.33 bits per heavy atom. The molecule has 2 N–H and O–H groups in total. The Morgan fingerprint density at radius 2 is 2.04 bits per heavy atom. The van der Waals surface area contributed by atoms with Crippen molar-refractivity contribution in [1.82, 2.24) is 5.32 Å².